The zero-order valence-electron chi connectivity index (χ0n) is 12.1. The second kappa shape index (κ2) is 6.08. The fraction of sp³-hybridized carbons (Fsp3) is 0.438. The van der Waals surface area contributed by atoms with Crippen LogP contribution in [0.4, 0.5) is 0 Å². The lowest BCUT2D eigenvalue weighted by molar-refractivity contribution is -0.170. The lowest BCUT2D eigenvalue weighted by atomic mass is 9.71. The molecule has 0 aromatic heterocycles. The largest absolute Gasteiger partial charge is 0.468 e. The maximum Gasteiger partial charge on any atom is 0.323 e. The highest BCUT2D eigenvalue weighted by Crippen LogP contribution is 2.53. The first-order valence-electron chi connectivity index (χ1n) is 6.79. The molecule has 0 amide bonds. The number of aldehydes is 1. The number of carbonyl (C=O) groups is 3. The Morgan fingerprint density at radius 1 is 1.14 bits per heavy atom. The number of methoxy groups -OCH3 is 2. The number of rotatable bonds is 4. The summed E-state index contributed by atoms with van der Waals surface area (Å²) >= 11 is 0. The molecule has 1 saturated carbocycles. The van der Waals surface area contributed by atoms with Gasteiger partial charge in [0.25, 0.3) is 0 Å². The van der Waals surface area contributed by atoms with E-state index in [0.717, 1.165) is 11.8 Å². The molecule has 1 fully saturated rings. The van der Waals surface area contributed by atoms with Gasteiger partial charge in [0.2, 0.25) is 0 Å². The number of esters is 2. The number of ether oxygens (including phenoxy) is 2. The van der Waals surface area contributed by atoms with Crippen LogP contribution >= 0.6 is 0 Å². The van der Waals surface area contributed by atoms with Crippen molar-refractivity contribution in [3.63, 3.8) is 0 Å². The average Bonchev–Trinajstić information content (AvgIpc) is 2.94. The Bertz CT molecular complexity index is 521. The monoisotopic (exact) mass is 290 g/mol. The molecule has 5 heteroatoms. The SMILES string of the molecule is COC(=O)C1(C(=O)OC)CC[C@H](C=O)[C@H]1c1ccccc1. The van der Waals surface area contributed by atoms with Crippen molar-refractivity contribution in [3.8, 4) is 0 Å². The molecule has 1 aromatic rings. The van der Waals surface area contributed by atoms with Crippen LogP contribution in [0.25, 0.3) is 0 Å². The first-order valence-corrected chi connectivity index (χ1v) is 6.79. The molecule has 2 rings (SSSR count). The van der Waals surface area contributed by atoms with E-state index in [1.54, 1.807) is 0 Å². The second-order valence-corrected chi connectivity index (χ2v) is 5.18. The van der Waals surface area contributed by atoms with Crippen LogP contribution in [0.15, 0.2) is 30.3 Å². The highest BCUT2D eigenvalue weighted by molar-refractivity contribution is 6.02. The summed E-state index contributed by atoms with van der Waals surface area (Å²) < 4.78 is 9.70. The zero-order valence-corrected chi connectivity index (χ0v) is 12.1. The summed E-state index contributed by atoms with van der Waals surface area (Å²) in [7, 11) is 2.48. The third-order valence-electron chi connectivity index (χ3n) is 4.26. The molecular formula is C16H18O5. The fourth-order valence-corrected chi connectivity index (χ4v) is 3.33. The molecule has 0 radical (unpaired) electrons. The molecule has 5 nitrogen and oxygen atoms in total. The van der Waals surface area contributed by atoms with Gasteiger partial charge in [-0.1, -0.05) is 30.3 Å². The lowest BCUT2D eigenvalue weighted by Gasteiger charge is -2.31. The molecular weight excluding hydrogens is 272 g/mol. The van der Waals surface area contributed by atoms with Crippen LogP contribution in [-0.4, -0.2) is 32.4 Å². The first-order chi connectivity index (χ1) is 10.1. The van der Waals surface area contributed by atoms with Gasteiger partial charge >= 0.3 is 11.9 Å². The van der Waals surface area contributed by atoms with E-state index in [4.69, 9.17) is 9.47 Å². The quantitative estimate of drug-likeness (QED) is 0.479. The summed E-state index contributed by atoms with van der Waals surface area (Å²) in [6.07, 6.45) is 1.51. The van der Waals surface area contributed by atoms with Crippen molar-refractivity contribution in [2.45, 2.75) is 18.8 Å². The molecule has 0 heterocycles. The number of hydrogen-bond acceptors (Lipinski definition) is 5. The van der Waals surface area contributed by atoms with Gasteiger partial charge in [0.05, 0.1) is 14.2 Å². The van der Waals surface area contributed by atoms with Gasteiger partial charge in [-0.3, -0.25) is 9.59 Å². The van der Waals surface area contributed by atoms with Gasteiger partial charge < -0.3 is 14.3 Å². The fourth-order valence-electron chi connectivity index (χ4n) is 3.33. The van der Waals surface area contributed by atoms with Crippen molar-refractivity contribution in [1.82, 2.24) is 0 Å². The van der Waals surface area contributed by atoms with Crippen molar-refractivity contribution < 1.29 is 23.9 Å². The van der Waals surface area contributed by atoms with E-state index < -0.39 is 29.2 Å². The van der Waals surface area contributed by atoms with Crippen LogP contribution in [0.5, 0.6) is 0 Å². The third kappa shape index (κ3) is 2.33. The Labute approximate surface area is 123 Å². The summed E-state index contributed by atoms with van der Waals surface area (Å²) in [5.74, 6) is -2.26. The molecule has 1 aromatic carbocycles. The Morgan fingerprint density at radius 2 is 1.71 bits per heavy atom. The Balaban J connectivity index is 2.59. The molecule has 112 valence electrons. The summed E-state index contributed by atoms with van der Waals surface area (Å²) in [6, 6.07) is 9.09. The normalized spacial score (nSPS) is 23.3. The van der Waals surface area contributed by atoms with E-state index >= 15 is 0 Å². The highest BCUT2D eigenvalue weighted by Gasteiger charge is 2.61. The second-order valence-electron chi connectivity index (χ2n) is 5.18. The number of carbonyl (C=O) groups excluding carboxylic acids is 3. The Morgan fingerprint density at radius 3 is 2.19 bits per heavy atom. The van der Waals surface area contributed by atoms with Gasteiger partial charge in [-0.25, -0.2) is 0 Å². The molecule has 0 N–H and O–H groups in total. The highest BCUT2D eigenvalue weighted by atomic mass is 16.5. The molecule has 1 aliphatic carbocycles. The zero-order chi connectivity index (χ0) is 15.5. The molecule has 0 bridgehead atoms. The van der Waals surface area contributed by atoms with Crippen LogP contribution in [0.1, 0.15) is 24.3 Å². The standard InChI is InChI=1S/C16H18O5/c1-20-14(18)16(15(19)21-2)9-8-12(10-17)13(16)11-6-4-3-5-7-11/h3-7,10,12-13H,8-9H2,1-2H3/t12-,13-/m1/s1. The molecule has 0 spiro atoms. The van der Waals surface area contributed by atoms with Gasteiger partial charge in [-0.05, 0) is 18.4 Å². The van der Waals surface area contributed by atoms with E-state index in [-0.39, 0.29) is 6.42 Å². The average molecular weight is 290 g/mol. The van der Waals surface area contributed by atoms with Crippen LogP contribution in [-0.2, 0) is 23.9 Å². The Kier molecular flexibility index (Phi) is 4.40. The lowest BCUT2D eigenvalue weighted by Crippen LogP contribution is -2.44. The van der Waals surface area contributed by atoms with Gasteiger partial charge in [-0.15, -0.1) is 0 Å². The van der Waals surface area contributed by atoms with Gasteiger partial charge in [0, 0.05) is 11.8 Å². The van der Waals surface area contributed by atoms with Crippen molar-refractivity contribution in [1.29, 1.82) is 0 Å². The summed E-state index contributed by atoms with van der Waals surface area (Å²) in [6.45, 7) is 0. The molecule has 21 heavy (non-hydrogen) atoms. The predicted molar refractivity (Wildman–Crippen MR) is 74.4 cm³/mol. The van der Waals surface area contributed by atoms with E-state index in [1.807, 2.05) is 30.3 Å². The van der Waals surface area contributed by atoms with Gasteiger partial charge in [0.15, 0.2) is 5.41 Å². The van der Waals surface area contributed by atoms with Crippen molar-refractivity contribution in [2.75, 3.05) is 14.2 Å². The van der Waals surface area contributed by atoms with Crippen LogP contribution < -0.4 is 0 Å². The third-order valence-corrected chi connectivity index (χ3v) is 4.26. The number of hydrogen-bond donors (Lipinski definition) is 0. The van der Waals surface area contributed by atoms with Crippen LogP contribution in [0, 0.1) is 11.3 Å². The predicted octanol–water partition coefficient (Wildman–Crippen LogP) is 1.71. The van der Waals surface area contributed by atoms with E-state index in [2.05, 4.69) is 0 Å². The summed E-state index contributed by atoms with van der Waals surface area (Å²) in [4.78, 5) is 36.1. The van der Waals surface area contributed by atoms with Crippen LogP contribution in [0.2, 0.25) is 0 Å². The van der Waals surface area contributed by atoms with E-state index in [0.29, 0.717) is 6.42 Å². The van der Waals surface area contributed by atoms with Crippen molar-refractivity contribution in [2.24, 2.45) is 11.3 Å². The number of benzene rings is 1. The van der Waals surface area contributed by atoms with E-state index in [1.165, 1.54) is 14.2 Å². The molecule has 0 saturated heterocycles. The molecule has 2 atom stereocenters. The summed E-state index contributed by atoms with van der Waals surface area (Å²) in [5, 5.41) is 0. The minimum Gasteiger partial charge on any atom is -0.468 e. The van der Waals surface area contributed by atoms with Gasteiger partial charge in [-0.2, -0.15) is 0 Å². The smallest absolute Gasteiger partial charge is 0.323 e. The summed E-state index contributed by atoms with van der Waals surface area (Å²) in [5.41, 5.74) is -0.681. The van der Waals surface area contributed by atoms with Gasteiger partial charge in [0.1, 0.15) is 6.29 Å². The minimum absolute atomic E-state index is 0.245. The molecule has 1 aliphatic rings. The van der Waals surface area contributed by atoms with E-state index in [9.17, 15) is 14.4 Å². The van der Waals surface area contributed by atoms with Crippen molar-refractivity contribution >= 4 is 18.2 Å². The minimum atomic E-state index is -1.45. The first kappa shape index (κ1) is 15.2. The van der Waals surface area contributed by atoms with Crippen LogP contribution in [0.3, 0.4) is 0 Å². The molecule has 0 unspecified atom stereocenters. The maximum absolute atomic E-state index is 12.3. The van der Waals surface area contributed by atoms with Crippen molar-refractivity contribution in [3.05, 3.63) is 35.9 Å². The maximum atomic E-state index is 12.3. The molecule has 0 aliphatic heterocycles. The Hall–Kier alpha value is -2.17. The topological polar surface area (TPSA) is 69.7 Å².